The van der Waals surface area contributed by atoms with E-state index in [1.807, 2.05) is 6.07 Å². The Hall–Kier alpha value is -0.222. The van der Waals surface area contributed by atoms with Gasteiger partial charge in [-0.15, -0.1) is 0 Å². The predicted molar refractivity (Wildman–Crippen MR) is 31.6 cm³/mol. The van der Waals surface area contributed by atoms with Gasteiger partial charge in [0.05, 0.1) is 0 Å². The summed E-state index contributed by atoms with van der Waals surface area (Å²) in [6.07, 6.45) is 0. The SMILES string of the molecule is [W]=[CH]c1ccccc1. The average Bonchev–Trinajstić information content (AvgIpc) is 1.90. The van der Waals surface area contributed by atoms with E-state index in [0.717, 1.165) is 0 Å². The summed E-state index contributed by atoms with van der Waals surface area (Å²) in [5, 5.41) is 0. The van der Waals surface area contributed by atoms with E-state index in [9.17, 15) is 0 Å². The monoisotopic (exact) mass is 274 g/mol. The van der Waals surface area contributed by atoms with Crippen LogP contribution in [0.3, 0.4) is 0 Å². The van der Waals surface area contributed by atoms with E-state index in [0.29, 0.717) is 0 Å². The fourth-order valence-electron chi connectivity index (χ4n) is 0.532. The normalized spacial score (nSPS) is 8.50. The number of benzene rings is 1. The van der Waals surface area contributed by atoms with Gasteiger partial charge >= 0.3 is 59.6 Å². The molecule has 0 aliphatic carbocycles. The van der Waals surface area contributed by atoms with Crippen LogP contribution < -0.4 is 0 Å². The summed E-state index contributed by atoms with van der Waals surface area (Å²) < 4.78 is 2.17. The molecule has 1 aromatic rings. The first-order valence-corrected chi connectivity index (χ1v) is 4.13. The standard InChI is InChI=1S/C7H6.W/c1-7-5-3-2-4-6-7;/h1-6H;. The molecule has 0 heterocycles. The molecule has 1 heteroatoms. The average molecular weight is 274 g/mol. The van der Waals surface area contributed by atoms with E-state index < -0.39 is 0 Å². The first kappa shape index (κ1) is 5.91. The quantitative estimate of drug-likeness (QED) is 0.725. The van der Waals surface area contributed by atoms with Gasteiger partial charge in [-0.1, -0.05) is 0 Å². The van der Waals surface area contributed by atoms with Gasteiger partial charge < -0.3 is 0 Å². The molecule has 0 radical (unpaired) electrons. The Labute approximate surface area is 59.9 Å². The van der Waals surface area contributed by atoms with Crippen molar-refractivity contribution in [2.75, 3.05) is 0 Å². The summed E-state index contributed by atoms with van der Waals surface area (Å²) in [5.74, 6) is 0. The summed E-state index contributed by atoms with van der Waals surface area (Å²) >= 11 is 1.51. The molecule has 0 bridgehead atoms. The van der Waals surface area contributed by atoms with Gasteiger partial charge in [0.15, 0.2) is 0 Å². The van der Waals surface area contributed by atoms with Crippen LogP contribution in [0.2, 0.25) is 0 Å². The maximum absolute atomic E-state index is 2.17. The molecule has 0 spiro atoms. The zero-order valence-corrected chi connectivity index (χ0v) is 7.31. The van der Waals surface area contributed by atoms with Crippen molar-refractivity contribution in [2.45, 2.75) is 0 Å². The van der Waals surface area contributed by atoms with Gasteiger partial charge in [0, 0.05) is 0 Å². The topological polar surface area (TPSA) is 0 Å². The van der Waals surface area contributed by atoms with Crippen molar-refractivity contribution in [1.82, 2.24) is 0 Å². The van der Waals surface area contributed by atoms with Crippen LogP contribution in [0.15, 0.2) is 30.3 Å². The Morgan fingerprint density at radius 3 is 2.12 bits per heavy atom. The van der Waals surface area contributed by atoms with E-state index in [1.165, 1.54) is 24.9 Å². The van der Waals surface area contributed by atoms with Crippen LogP contribution in [0.25, 0.3) is 0 Å². The van der Waals surface area contributed by atoms with E-state index in [1.54, 1.807) is 0 Å². The molecule has 0 unspecified atom stereocenters. The van der Waals surface area contributed by atoms with Crippen LogP contribution in [-0.4, -0.2) is 4.40 Å². The molecule has 0 amide bonds. The maximum atomic E-state index is 2.17. The van der Waals surface area contributed by atoms with E-state index in [-0.39, 0.29) is 0 Å². The zero-order chi connectivity index (χ0) is 5.82. The van der Waals surface area contributed by atoms with Crippen LogP contribution in [0.4, 0.5) is 0 Å². The molecular formula is C7H6W. The third kappa shape index (κ3) is 1.38. The van der Waals surface area contributed by atoms with Gasteiger partial charge in [-0.25, -0.2) is 0 Å². The molecule has 0 aromatic heterocycles. The van der Waals surface area contributed by atoms with Crippen molar-refractivity contribution in [1.29, 1.82) is 0 Å². The Morgan fingerprint density at radius 2 is 1.75 bits per heavy atom. The second-order valence-electron chi connectivity index (χ2n) is 1.53. The third-order valence-electron chi connectivity index (χ3n) is 0.936. The van der Waals surface area contributed by atoms with Gasteiger partial charge in [-0.2, -0.15) is 0 Å². The Bertz CT molecular complexity index is 167. The minimum absolute atomic E-state index is 1.32. The van der Waals surface area contributed by atoms with Crippen LogP contribution in [-0.2, 0) is 19.4 Å². The molecule has 0 saturated heterocycles. The molecule has 0 atom stereocenters. The van der Waals surface area contributed by atoms with Crippen molar-refractivity contribution in [3.63, 3.8) is 0 Å². The second kappa shape index (κ2) is 2.94. The molecule has 1 aromatic carbocycles. The fraction of sp³-hybridized carbons (Fsp3) is 0. The van der Waals surface area contributed by atoms with E-state index in [2.05, 4.69) is 28.7 Å². The van der Waals surface area contributed by atoms with Gasteiger partial charge in [0.1, 0.15) is 0 Å². The Kier molecular flexibility index (Phi) is 2.17. The molecule has 40 valence electrons. The summed E-state index contributed by atoms with van der Waals surface area (Å²) in [6, 6.07) is 10.3. The fourth-order valence-corrected chi connectivity index (χ4v) is 1.10. The van der Waals surface area contributed by atoms with E-state index in [4.69, 9.17) is 0 Å². The molecule has 0 aliphatic heterocycles. The zero-order valence-electron chi connectivity index (χ0n) is 4.37. The van der Waals surface area contributed by atoms with Crippen molar-refractivity contribution >= 4 is 4.40 Å². The molecule has 0 saturated carbocycles. The summed E-state index contributed by atoms with van der Waals surface area (Å²) in [7, 11) is 0. The third-order valence-corrected chi connectivity index (χ3v) is 1.91. The molecule has 1 rings (SSSR count). The predicted octanol–water partition coefficient (Wildman–Crippen LogP) is 1.38. The first-order chi connectivity index (χ1) is 3.93. The van der Waals surface area contributed by atoms with Crippen molar-refractivity contribution in [2.24, 2.45) is 0 Å². The van der Waals surface area contributed by atoms with Crippen LogP contribution in [0.5, 0.6) is 0 Å². The van der Waals surface area contributed by atoms with Gasteiger partial charge in [-0.05, 0) is 0 Å². The molecule has 0 nitrogen and oxygen atoms in total. The number of rotatable bonds is 1. The van der Waals surface area contributed by atoms with Gasteiger partial charge in [0.2, 0.25) is 0 Å². The molecule has 0 aliphatic rings. The summed E-state index contributed by atoms with van der Waals surface area (Å²) in [6.45, 7) is 0. The van der Waals surface area contributed by atoms with Crippen LogP contribution in [0.1, 0.15) is 5.56 Å². The van der Waals surface area contributed by atoms with Crippen LogP contribution >= 0.6 is 0 Å². The van der Waals surface area contributed by atoms with E-state index >= 15 is 0 Å². The van der Waals surface area contributed by atoms with Crippen LogP contribution in [0, 0.1) is 0 Å². The first-order valence-electron chi connectivity index (χ1n) is 2.44. The number of hydrogen-bond donors (Lipinski definition) is 0. The summed E-state index contributed by atoms with van der Waals surface area (Å²) in [5.41, 5.74) is 1.32. The van der Waals surface area contributed by atoms with Crippen molar-refractivity contribution in [3.8, 4) is 0 Å². The number of hydrogen-bond acceptors (Lipinski definition) is 0. The minimum atomic E-state index is 1.32. The van der Waals surface area contributed by atoms with Gasteiger partial charge in [-0.3, -0.25) is 0 Å². The second-order valence-corrected chi connectivity index (χ2v) is 2.38. The Balaban J connectivity index is 2.99. The summed E-state index contributed by atoms with van der Waals surface area (Å²) in [4.78, 5) is 0. The molecule has 0 fully saturated rings. The van der Waals surface area contributed by atoms with Gasteiger partial charge in [0.25, 0.3) is 0 Å². The molecular weight excluding hydrogens is 268 g/mol. The Morgan fingerprint density at radius 1 is 1.12 bits per heavy atom. The van der Waals surface area contributed by atoms with Crippen molar-refractivity contribution < 1.29 is 19.4 Å². The van der Waals surface area contributed by atoms with Crippen molar-refractivity contribution in [3.05, 3.63) is 35.9 Å². The molecule has 0 N–H and O–H groups in total. The molecule has 8 heavy (non-hydrogen) atoms.